The summed E-state index contributed by atoms with van der Waals surface area (Å²) in [6.45, 7) is 0.458. The number of amides is 1. The number of hydrogen-bond donors (Lipinski definition) is 2. The molecular formula is C15H12BrN3O2S2. The molecule has 2 aromatic heterocycles. The molecule has 0 bridgehead atoms. The van der Waals surface area contributed by atoms with Gasteiger partial charge in [0.15, 0.2) is 4.77 Å². The molecule has 0 aliphatic rings. The van der Waals surface area contributed by atoms with Gasteiger partial charge in [-0.25, -0.2) is 0 Å². The van der Waals surface area contributed by atoms with Gasteiger partial charge in [-0.2, -0.15) is 0 Å². The zero-order valence-electron chi connectivity index (χ0n) is 12.1. The topological polar surface area (TPSA) is 66.9 Å². The van der Waals surface area contributed by atoms with E-state index in [1.807, 2.05) is 12.1 Å². The van der Waals surface area contributed by atoms with E-state index < -0.39 is 0 Å². The predicted octanol–water partition coefficient (Wildman–Crippen LogP) is 3.35. The first-order chi connectivity index (χ1) is 11.0. The Hall–Kier alpha value is -1.77. The molecule has 0 radical (unpaired) electrons. The highest BCUT2D eigenvalue weighted by Crippen LogP contribution is 2.21. The quantitative estimate of drug-likeness (QED) is 0.651. The number of carbonyl (C=O) groups is 1. The van der Waals surface area contributed by atoms with Crippen LogP contribution in [-0.4, -0.2) is 15.5 Å². The molecule has 0 saturated carbocycles. The molecule has 0 saturated heterocycles. The molecule has 1 amide bonds. The van der Waals surface area contributed by atoms with Gasteiger partial charge in [0.2, 0.25) is 0 Å². The van der Waals surface area contributed by atoms with Crippen LogP contribution in [0.2, 0.25) is 0 Å². The molecule has 1 aromatic carbocycles. The molecule has 0 unspecified atom stereocenters. The molecule has 3 rings (SSSR count). The smallest absolute Gasteiger partial charge is 0.261 e. The summed E-state index contributed by atoms with van der Waals surface area (Å²) in [6, 6.07) is 8.82. The average molecular weight is 410 g/mol. The van der Waals surface area contributed by atoms with Gasteiger partial charge < -0.3 is 10.3 Å². The van der Waals surface area contributed by atoms with Crippen molar-refractivity contribution in [1.82, 2.24) is 14.9 Å². The van der Waals surface area contributed by atoms with E-state index in [0.29, 0.717) is 27.8 Å². The van der Waals surface area contributed by atoms with E-state index in [9.17, 15) is 9.59 Å². The van der Waals surface area contributed by atoms with E-state index in [2.05, 4.69) is 26.2 Å². The number of H-pyrrole nitrogens is 1. The maximum absolute atomic E-state index is 12.3. The summed E-state index contributed by atoms with van der Waals surface area (Å²) in [5.41, 5.74) is 0.857. The third-order valence-electron chi connectivity index (χ3n) is 3.42. The van der Waals surface area contributed by atoms with E-state index in [1.54, 1.807) is 36.6 Å². The highest BCUT2D eigenvalue weighted by Gasteiger charge is 2.09. The zero-order valence-corrected chi connectivity index (χ0v) is 15.3. The summed E-state index contributed by atoms with van der Waals surface area (Å²) < 4.78 is 2.71. The summed E-state index contributed by atoms with van der Waals surface area (Å²) in [5, 5.41) is 3.36. The van der Waals surface area contributed by atoms with Crippen molar-refractivity contribution < 1.29 is 4.79 Å². The fourth-order valence-electron chi connectivity index (χ4n) is 2.16. The van der Waals surface area contributed by atoms with Crippen LogP contribution in [0.25, 0.3) is 10.9 Å². The van der Waals surface area contributed by atoms with Crippen LogP contribution < -0.4 is 10.9 Å². The molecular weight excluding hydrogens is 398 g/mol. The second-order valence-corrected chi connectivity index (χ2v) is 7.88. The van der Waals surface area contributed by atoms with Crippen LogP contribution in [0.5, 0.6) is 0 Å². The van der Waals surface area contributed by atoms with Crippen LogP contribution in [0, 0.1) is 4.77 Å². The van der Waals surface area contributed by atoms with Crippen molar-refractivity contribution >= 4 is 56.3 Å². The fourth-order valence-corrected chi connectivity index (χ4v) is 3.78. The van der Waals surface area contributed by atoms with Gasteiger partial charge in [-0.1, -0.05) is 0 Å². The molecule has 2 heterocycles. The Bertz CT molecular complexity index is 1020. The summed E-state index contributed by atoms with van der Waals surface area (Å²) in [6.07, 6.45) is 0. The number of fused-ring (bicyclic) bond motifs is 1. The monoisotopic (exact) mass is 409 g/mol. The number of benzene rings is 1. The lowest BCUT2D eigenvalue weighted by Crippen LogP contribution is -2.23. The largest absolute Gasteiger partial charge is 0.347 e. The second kappa shape index (κ2) is 6.38. The molecule has 23 heavy (non-hydrogen) atoms. The van der Waals surface area contributed by atoms with E-state index >= 15 is 0 Å². The van der Waals surface area contributed by atoms with Crippen molar-refractivity contribution in [1.29, 1.82) is 0 Å². The first-order valence-corrected chi connectivity index (χ1v) is 8.73. The highest BCUT2D eigenvalue weighted by molar-refractivity contribution is 9.11. The lowest BCUT2D eigenvalue weighted by molar-refractivity contribution is 0.0951. The Labute approximate surface area is 149 Å². The SMILES string of the molecule is Cn1c(=S)[nH]c2cc(C(=O)NCc3ccc(Br)s3)ccc2c1=O. The Morgan fingerprint density at radius 1 is 1.39 bits per heavy atom. The predicted molar refractivity (Wildman–Crippen MR) is 97.6 cm³/mol. The Kier molecular flexibility index (Phi) is 4.47. The highest BCUT2D eigenvalue weighted by atomic mass is 79.9. The maximum Gasteiger partial charge on any atom is 0.261 e. The second-order valence-electron chi connectivity index (χ2n) is 4.94. The standard InChI is InChI=1S/C15H12BrN3O2S2/c1-19-14(21)10-4-2-8(6-11(10)18-15(19)22)13(20)17-7-9-3-5-12(16)23-9/h2-6H,7H2,1H3,(H,17,20)(H,18,22). The van der Waals surface area contributed by atoms with Gasteiger partial charge in [0.25, 0.3) is 11.5 Å². The third-order valence-corrected chi connectivity index (χ3v) is 5.41. The van der Waals surface area contributed by atoms with Gasteiger partial charge in [-0.15, -0.1) is 11.3 Å². The van der Waals surface area contributed by atoms with Gasteiger partial charge in [-0.05, 0) is 58.5 Å². The average Bonchev–Trinajstić information content (AvgIpc) is 2.95. The number of halogens is 1. The number of aromatic amines is 1. The minimum Gasteiger partial charge on any atom is -0.347 e. The van der Waals surface area contributed by atoms with Gasteiger partial charge in [0, 0.05) is 17.5 Å². The summed E-state index contributed by atoms with van der Waals surface area (Å²) in [7, 11) is 1.61. The first kappa shape index (κ1) is 16.1. The number of rotatable bonds is 3. The molecule has 8 heteroatoms. The zero-order chi connectivity index (χ0) is 16.6. The number of carbonyl (C=O) groups excluding carboxylic acids is 1. The molecule has 5 nitrogen and oxygen atoms in total. The molecule has 0 aliphatic carbocycles. The van der Waals surface area contributed by atoms with E-state index in [1.165, 1.54) is 4.57 Å². The lowest BCUT2D eigenvalue weighted by Gasteiger charge is -2.06. The summed E-state index contributed by atoms with van der Waals surface area (Å²) >= 11 is 10.1. The van der Waals surface area contributed by atoms with Gasteiger partial charge in [0.05, 0.1) is 21.2 Å². The molecule has 118 valence electrons. The molecule has 2 N–H and O–H groups in total. The Balaban J connectivity index is 1.88. The van der Waals surface area contributed by atoms with Crippen molar-refractivity contribution in [2.45, 2.75) is 6.54 Å². The van der Waals surface area contributed by atoms with Crippen LogP contribution in [0.15, 0.2) is 38.9 Å². The van der Waals surface area contributed by atoms with Gasteiger partial charge in [-0.3, -0.25) is 14.2 Å². The van der Waals surface area contributed by atoms with Crippen LogP contribution in [0.1, 0.15) is 15.2 Å². The summed E-state index contributed by atoms with van der Waals surface area (Å²) in [4.78, 5) is 28.4. The van der Waals surface area contributed by atoms with Crippen molar-refractivity contribution in [3.05, 3.63) is 59.7 Å². The van der Waals surface area contributed by atoms with Crippen LogP contribution in [-0.2, 0) is 13.6 Å². The maximum atomic E-state index is 12.3. The van der Waals surface area contributed by atoms with Crippen molar-refractivity contribution in [3.8, 4) is 0 Å². The number of thiophene rings is 1. The van der Waals surface area contributed by atoms with E-state index in [4.69, 9.17) is 12.2 Å². The number of hydrogen-bond acceptors (Lipinski definition) is 4. The molecule has 0 aliphatic heterocycles. The molecule has 0 fully saturated rings. The van der Waals surface area contributed by atoms with Crippen molar-refractivity contribution in [2.24, 2.45) is 7.05 Å². The minimum atomic E-state index is -0.198. The molecule has 3 aromatic rings. The lowest BCUT2D eigenvalue weighted by atomic mass is 10.1. The summed E-state index contributed by atoms with van der Waals surface area (Å²) in [5.74, 6) is -0.198. The Morgan fingerprint density at radius 3 is 2.87 bits per heavy atom. The van der Waals surface area contributed by atoms with Crippen LogP contribution in [0.4, 0.5) is 0 Å². The fraction of sp³-hybridized carbons (Fsp3) is 0.133. The van der Waals surface area contributed by atoms with Crippen molar-refractivity contribution in [2.75, 3.05) is 0 Å². The van der Waals surface area contributed by atoms with E-state index in [0.717, 1.165) is 8.66 Å². The number of nitrogens with zero attached hydrogens (tertiary/aromatic N) is 1. The Morgan fingerprint density at radius 2 is 2.17 bits per heavy atom. The van der Waals surface area contributed by atoms with Crippen LogP contribution in [0.3, 0.4) is 0 Å². The minimum absolute atomic E-state index is 0.181. The van der Waals surface area contributed by atoms with E-state index in [-0.39, 0.29) is 11.5 Å². The van der Waals surface area contributed by atoms with Crippen LogP contribution >= 0.6 is 39.5 Å². The van der Waals surface area contributed by atoms with Crippen molar-refractivity contribution in [3.63, 3.8) is 0 Å². The first-order valence-electron chi connectivity index (χ1n) is 6.71. The van der Waals surface area contributed by atoms with Gasteiger partial charge >= 0.3 is 0 Å². The molecule has 0 atom stereocenters. The normalized spacial score (nSPS) is 10.9. The third kappa shape index (κ3) is 3.29. The number of aromatic nitrogens is 2. The molecule has 0 spiro atoms. The number of nitrogens with one attached hydrogen (secondary N) is 2. The van der Waals surface area contributed by atoms with Gasteiger partial charge in [0.1, 0.15) is 0 Å².